The third kappa shape index (κ3) is 5.56. The highest BCUT2D eigenvalue weighted by Gasteiger charge is 2.31. The number of carbonyl (C=O) groups excluding carboxylic acids is 1. The topological polar surface area (TPSA) is 48.4 Å². The van der Waals surface area contributed by atoms with Gasteiger partial charge in [0.05, 0.1) is 10.6 Å². The van der Waals surface area contributed by atoms with E-state index < -0.39 is 34.8 Å². The fourth-order valence-electron chi connectivity index (χ4n) is 2.71. The second-order valence-electron chi connectivity index (χ2n) is 7.78. The van der Waals surface area contributed by atoms with Crippen LogP contribution in [0.1, 0.15) is 36.7 Å². The van der Waals surface area contributed by atoms with Gasteiger partial charge in [-0.3, -0.25) is 0 Å². The summed E-state index contributed by atoms with van der Waals surface area (Å²) in [6, 6.07) is 11.1. The highest BCUT2D eigenvalue weighted by atomic mass is 35.5. The fourth-order valence-corrected chi connectivity index (χ4v) is 2.88. The predicted molar refractivity (Wildman–Crippen MR) is 111 cm³/mol. The Balaban J connectivity index is 2.15. The van der Waals surface area contributed by atoms with Gasteiger partial charge in [0.15, 0.2) is 5.82 Å². The van der Waals surface area contributed by atoms with Crippen LogP contribution in [-0.4, -0.2) is 16.6 Å². The molecular formula is C23H18ClF4NO3. The van der Waals surface area contributed by atoms with Gasteiger partial charge in [0, 0.05) is 5.56 Å². The molecule has 0 N–H and O–H groups in total. The lowest BCUT2D eigenvalue weighted by atomic mass is 10.1. The van der Waals surface area contributed by atoms with Crippen molar-refractivity contribution in [2.24, 2.45) is 0 Å². The van der Waals surface area contributed by atoms with Gasteiger partial charge < -0.3 is 9.47 Å². The minimum Gasteiger partial charge on any atom is -0.456 e. The van der Waals surface area contributed by atoms with Crippen LogP contribution in [0.3, 0.4) is 0 Å². The van der Waals surface area contributed by atoms with E-state index in [9.17, 15) is 22.4 Å². The Labute approximate surface area is 186 Å². The number of esters is 1. The van der Waals surface area contributed by atoms with Crippen LogP contribution in [0.5, 0.6) is 11.6 Å². The number of para-hydroxylation sites is 1. The first kappa shape index (κ1) is 23.5. The van der Waals surface area contributed by atoms with Gasteiger partial charge in [-0.15, -0.1) is 0 Å². The van der Waals surface area contributed by atoms with Crippen LogP contribution < -0.4 is 4.74 Å². The molecule has 1 heterocycles. The van der Waals surface area contributed by atoms with E-state index in [0.29, 0.717) is 0 Å². The van der Waals surface area contributed by atoms with Crippen molar-refractivity contribution in [3.05, 3.63) is 76.6 Å². The van der Waals surface area contributed by atoms with Gasteiger partial charge >= 0.3 is 12.1 Å². The normalized spacial score (nSPS) is 11.9. The van der Waals surface area contributed by atoms with Gasteiger partial charge in [-0.05, 0) is 51.1 Å². The maximum absolute atomic E-state index is 14.9. The van der Waals surface area contributed by atoms with E-state index in [4.69, 9.17) is 21.1 Å². The van der Waals surface area contributed by atoms with Crippen LogP contribution in [0.4, 0.5) is 17.6 Å². The number of halogens is 5. The summed E-state index contributed by atoms with van der Waals surface area (Å²) in [7, 11) is 0. The zero-order chi connectivity index (χ0) is 23.7. The van der Waals surface area contributed by atoms with E-state index in [1.165, 1.54) is 18.2 Å². The van der Waals surface area contributed by atoms with Crippen LogP contribution >= 0.6 is 11.6 Å². The molecular weight excluding hydrogens is 450 g/mol. The number of nitrogens with zero attached hydrogens (tertiary/aromatic N) is 1. The maximum atomic E-state index is 14.9. The number of carbonyl (C=O) groups is 1. The molecule has 0 aliphatic heterocycles. The molecule has 3 aromatic rings. The Bertz CT molecular complexity index is 1160. The zero-order valence-electron chi connectivity index (χ0n) is 17.3. The van der Waals surface area contributed by atoms with Gasteiger partial charge in [0.1, 0.15) is 22.6 Å². The van der Waals surface area contributed by atoms with Crippen LogP contribution in [-0.2, 0) is 10.9 Å². The fraction of sp³-hybridized carbons (Fsp3) is 0.217. The SMILES string of the molecule is CC(C)(C)OC(=O)c1cc(F)c(-c2cccc(C(F)(F)F)c2)nc1Oc1ccccc1Cl. The Morgan fingerprint density at radius 3 is 2.31 bits per heavy atom. The molecule has 0 atom stereocenters. The predicted octanol–water partition coefficient (Wildman–Crippen LogP) is 7.31. The highest BCUT2D eigenvalue weighted by molar-refractivity contribution is 6.32. The summed E-state index contributed by atoms with van der Waals surface area (Å²) in [5.41, 5.74) is -2.77. The first-order valence-corrected chi connectivity index (χ1v) is 9.77. The molecule has 9 heteroatoms. The van der Waals surface area contributed by atoms with Crippen LogP contribution in [0, 0.1) is 5.82 Å². The summed E-state index contributed by atoms with van der Waals surface area (Å²) in [6.07, 6.45) is -4.63. The average molecular weight is 468 g/mol. The first-order valence-electron chi connectivity index (χ1n) is 9.39. The second-order valence-corrected chi connectivity index (χ2v) is 8.19. The molecule has 0 aliphatic rings. The molecule has 0 aliphatic carbocycles. The molecule has 1 aromatic heterocycles. The van der Waals surface area contributed by atoms with Gasteiger partial charge in [0.2, 0.25) is 5.88 Å². The number of ether oxygens (including phenoxy) is 2. The smallest absolute Gasteiger partial charge is 0.416 e. The molecule has 0 saturated carbocycles. The number of pyridine rings is 1. The Hall–Kier alpha value is -3.13. The minimum atomic E-state index is -4.63. The number of rotatable bonds is 4. The second kappa shape index (κ2) is 8.78. The Morgan fingerprint density at radius 2 is 1.69 bits per heavy atom. The zero-order valence-corrected chi connectivity index (χ0v) is 18.0. The molecule has 2 aromatic carbocycles. The third-order valence-electron chi connectivity index (χ3n) is 4.07. The van der Waals surface area contributed by atoms with Crippen molar-refractivity contribution in [3.63, 3.8) is 0 Å². The van der Waals surface area contributed by atoms with Crippen LogP contribution in [0.15, 0.2) is 54.6 Å². The average Bonchev–Trinajstić information content (AvgIpc) is 2.69. The van der Waals surface area contributed by atoms with Crippen molar-refractivity contribution >= 4 is 17.6 Å². The van der Waals surface area contributed by atoms with Crippen molar-refractivity contribution in [2.45, 2.75) is 32.5 Å². The molecule has 0 bridgehead atoms. The summed E-state index contributed by atoms with van der Waals surface area (Å²) < 4.78 is 65.2. The molecule has 3 rings (SSSR count). The monoisotopic (exact) mass is 467 g/mol. The molecule has 0 spiro atoms. The Morgan fingerprint density at radius 1 is 1.00 bits per heavy atom. The van der Waals surface area contributed by atoms with E-state index in [1.54, 1.807) is 32.9 Å². The lowest BCUT2D eigenvalue weighted by Crippen LogP contribution is -2.24. The summed E-state index contributed by atoms with van der Waals surface area (Å²) in [6.45, 7) is 4.88. The van der Waals surface area contributed by atoms with Crippen molar-refractivity contribution in [2.75, 3.05) is 0 Å². The van der Waals surface area contributed by atoms with E-state index in [0.717, 1.165) is 24.3 Å². The van der Waals surface area contributed by atoms with Gasteiger partial charge in [0.25, 0.3) is 0 Å². The van der Waals surface area contributed by atoms with Crippen molar-refractivity contribution in [3.8, 4) is 22.9 Å². The minimum absolute atomic E-state index is 0.119. The third-order valence-corrected chi connectivity index (χ3v) is 4.38. The molecule has 0 unspecified atom stereocenters. The lowest BCUT2D eigenvalue weighted by molar-refractivity contribution is -0.137. The maximum Gasteiger partial charge on any atom is 0.416 e. The van der Waals surface area contributed by atoms with E-state index in [1.807, 2.05) is 0 Å². The molecule has 32 heavy (non-hydrogen) atoms. The number of aromatic nitrogens is 1. The number of hydrogen-bond donors (Lipinski definition) is 0. The Kier molecular flexibility index (Phi) is 6.46. The van der Waals surface area contributed by atoms with Crippen LogP contribution in [0.2, 0.25) is 5.02 Å². The van der Waals surface area contributed by atoms with Gasteiger partial charge in [-0.2, -0.15) is 13.2 Å². The van der Waals surface area contributed by atoms with Crippen molar-refractivity contribution < 1.29 is 31.8 Å². The number of benzene rings is 2. The number of alkyl halides is 3. The summed E-state index contributed by atoms with van der Waals surface area (Å²) in [5.74, 6) is -2.17. The first-order chi connectivity index (χ1) is 14.8. The van der Waals surface area contributed by atoms with E-state index in [-0.39, 0.29) is 27.8 Å². The van der Waals surface area contributed by atoms with Gasteiger partial charge in [-0.1, -0.05) is 35.9 Å². The highest BCUT2D eigenvalue weighted by Crippen LogP contribution is 2.36. The number of hydrogen-bond acceptors (Lipinski definition) is 4. The summed E-state index contributed by atoms with van der Waals surface area (Å²) in [5, 5.41) is 0.189. The van der Waals surface area contributed by atoms with E-state index >= 15 is 0 Å². The summed E-state index contributed by atoms with van der Waals surface area (Å²) >= 11 is 6.10. The quantitative estimate of drug-likeness (QED) is 0.298. The summed E-state index contributed by atoms with van der Waals surface area (Å²) in [4.78, 5) is 16.7. The lowest BCUT2D eigenvalue weighted by Gasteiger charge is -2.21. The standard InChI is InChI=1S/C23H18ClF4NO3/c1-22(2,3)32-21(30)15-12-17(25)19(13-7-6-8-14(11-13)23(26,27)28)29-20(15)31-18-10-5-4-9-16(18)24/h4-12H,1-3H3. The van der Waals surface area contributed by atoms with E-state index in [2.05, 4.69) is 4.98 Å². The molecule has 0 radical (unpaired) electrons. The molecule has 0 fully saturated rings. The molecule has 0 amide bonds. The van der Waals surface area contributed by atoms with Crippen molar-refractivity contribution in [1.29, 1.82) is 0 Å². The largest absolute Gasteiger partial charge is 0.456 e. The molecule has 0 saturated heterocycles. The van der Waals surface area contributed by atoms with Crippen molar-refractivity contribution in [1.82, 2.24) is 4.98 Å². The molecule has 168 valence electrons. The molecule has 4 nitrogen and oxygen atoms in total. The van der Waals surface area contributed by atoms with Crippen LogP contribution in [0.25, 0.3) is 11.3 Å². The van der Waals surface area contributed by atoms with Gasteiger partial charge in [-0.25, -0.2) is 14.2 Å².